The first-order valence-electron chi connectivity index (χ1n) is 10.0. The van der Waals surface area contributed by atoms with Crippen LogP contribution < -0.4 is 5.32 Å². The summed E-state index contributed by atoms with van der Waals surface area (Å²) in [5, 5.41) is 7.81. The Balaban J connectivity index is 1.56. The van der Waals surface area contributed by atoms with Crippen molar-refractivity contribution in [1.82, 2.24) is 20.0 Å². The van der Waals surface area contributed by atoms with E-state index in [0.717, 1.165) is 37.6 Å². The van der Waals surface area contributed by atoms with Gasteiger partial charge in [0, 0.05) is 37.4 Å². The Labute approximate surface area is 171 Å². The second kappa shape index (κ2) is 9.03. The van der Waals surface area contributed by atoms with E-state index < -0.39 is 0 Å². The summed E-state index contributed by atoms with van der Waals surface area (Å²) in [5.41, 5.74) is 3.11. The molecule has 0 saturated carbocycles. The fourth-order valence-corrected chi connectivity index (χ4v) is 3.55. The quantitative estimate of drug-likeness (QED) is 0.703. The summed E-state index contributed by atoms with van der Waals surface area (Å²) in [6.45, 7) is 6.03. The number of morpholine rings is 1. The molecule has 1 amide bonds. The van der Waals surface area contributed by atoms with Crippen molar-refractivity contribution < 1.29 is 9.53 Å². The van der Waals surface area contributed by atoms with E-state index in [-0.39, 0.29) is 11.9 Å². The van der Waals surface area contributed by atoms with Crippen LogP contribution in [0.1, 0.15) is 17.3 Å². The third-order valence-corrected chi connectivity index (χ3v) is 5.25. The van der Waals surface area contributed by atoms with Crippen molar-refractivity contribution in [2.45, 2.75) is 13.0 Å². The van der Waals surface area contributed by atoms with Crippen molar-refractivity contribution >= 4 is 5.91 Å². The third kappa shape index (κ3) is 4.55. The van der Waals surface area contributed by atoms with Crippen LogP contribution in [-0.2, 0) is 4.74 Å². The van der Waals surface area contributed by atoms with E-state index in [9.17, 15) is 4.79 Å². The number of nitrogens with one attached hydrogen (secondary N) is 1. The molecule has 1 unspecified atom stereocenters. The minimum atomic E-state index is -0.105. The molecule has 0 aliphatic carbocycles. The fraction of sp³-hybridized carbons (Fsp3) is 0.304. The van der Waals surface area contributed by atoms with Crippen molar-refractivity contribution in [3.05, 3.63) is 72.4 Å². The molecule has 2 aromatic carbocycles. The van der Waals surface area contributed by atoms with Crippen LogP contribution in [0.3, 0.4) is 0 Å². The summed E-state index contributed by atoms with van der Waals surface area (Å²) >= 11 is 0. The number of carbonyl (C=O) groups excluding carboxylic acids is 1. The van der Waals surface area contributed by atoms with E-state index in [1.165, 1.54) is 0 Å². The topological polar surface area (TPSA) is 59.4 Å². The molecular weight excluding hydrogens is 364 g/mol. The number of amides is 1. The standard InChI is InChI=1S/C23H26N4O2/c1-18(26-12-14-29-15-13-26)16-24-23(28)21-17-27(20-10-6-3-7-11-20)25-22(21)19-8-4-2-5-9-19/h2-11,17-18H,12-16H2,1H3,(H,24,28). The fourth-order valence-electron chi connectivity index (χ4n) is 3.55. The Hall–Kier alpha value is -2.96. The molecule has 150 valence electrons. The lowest BCUT2D eigenvalue weighted by molar-refractivity contribution is 0.0204. The third-order valence-electron chi connectivity index (χ3n) is 5.25. The molecule has 6 nitrogen and oxygen atoms in total. The summed E-state index contributed by atoms with van der Waals surface area (Å²) in [4.78, 5) is 15.4. The minimum Gasteiger partial charge on any atom is -0.379 e. The van der Waals surface area contributed by atoms with Crippen LogP contribution in [0.4, 0.5) is 0 Å². The molecule has 3 aromatic rings. The largest absolute Gasteiger partial charge is 0.379 e. The SMILES string of the molecule is CC(CNC(=O)c1cn(-c2ccccc2)nc1-c1ccccc1)N1CCOCC1. The molecule has 29 heavy (non-hydrogen) atoms. The van der Waals surface area contributed by atoms with Gasteiger partial charge in [0.05, 0.1) is 24.5 Å². The maximum absolute atomic E-state index is 13.1. The Kier molecular flexibility index (Phi) is 6.03. The maximum atomic E-state index is 13.1. The highest BCUT2D eigenvalue weighted by molar-refractivity contribution is 5.99. The number of benzene rings is 2. The van der Waals surface area contributed by atoms with E-state index in [4.69, 9.17) is 9.84 Å². The number of hydrogen-bond acceptors (Lipinski definition) is 4. The molecule has 0 radical (unpaired) electrons. The Bertz CT molecular complexity index is 934. The summed E-state index contributed by atoms with van der Waals surface area (Å²) in [6, 6.07) is 19.9. The molecule has 1 aliphatic heterocycles. The molecule has 1 atom stereocenters. The van der Waals surface area contributed by atoms with Crippen LogP contribution in [0.5, 0.6) is 0 Å². The van der Waals surface area contributed by atoms with Gasteiger partial charge in [-0.2, -0.15) is 5.10 Å². The highest BCUT2D eigenvalue weighted by Gasteiger charge is 2.21. The van der Waals surface area contributed by atoms with Gasteiger partial charge in [0.1, 0.15) is 5.69 Å². The molecule has 0 spiro atoms. The van der Waals surface area contributed by atoms with Crippen LogP contribution in [-0.4, -0.2) is 59.5 Å². The predicted molar refractivity (Wildman–Crippen MR) is 113 cm³/mol. The molecule has 1 N–H and O–H groups in total. The van der Waals surface area contributed by atoms with Crippen LogP contribution in [0, 0.1) is 0 Å². The number of nitrogens with zero attached hydrogens (tertiary/aromatic N) is 3. The van der Waals surface area contributed by atoms with Gasteiger partial charge in [-0.3, -0.25) is 9.69 Å². The van der Waals surface area contributed by atoms with E-state index in [2.05, 4.69) is 17.1 Å². The van der Waals surface area contributed by atoms with Crippen LogP contribution >= 0.6 is 0 Å². The lowest BCUT2D eigenvalue weighted by Crippen LogP contribution is -2.47. The molecular formula is C23H26N4O2. The van der Waals surface area contributed by atoms with Gasteiger partial charge in [0.15, 0.2) is 0 Å². The molecule has 4 rings (SSSR count). The van der Waals surface area contributed by atoms with Gasteiger partial charge >= 0.3 is 0 Å². The van der Waals surface area contributed by atoms with Crippen molar-refractivity contribution in [2.75, 3.05) is 32.8 Å². The van der Waals surface area contributed by atoms with Gasteiger partial charge in [0.2, 0.25) is 0 Å². The lowest BCUT2D eigenvalue weighted by Gasteiger charge is -2.32. The van der Waals surface area contributed by atoms with E-state index in [1.807, 2.05) is 66.9 Å². The summed E-state index contributed by atoms with van der Waals surface area (Å²) in [7, 11) is 0. The Morgan fingerprint density at radius 3 is 2.41 bits per heavy atom. The monoisotopic (exact) mass is 390 g/mol. The number of aromatic nitrogens is 2. The molecule has 1 fully saturated rings. The molecule has 1 saturated heterocycles. The normalized spacial score (nSPS) is 15.8. The first-order valence-corrected chi connectivity index (χ1v) is 10.0. The smallest absolute Gasteiger partial charge is 0.255 e. The highest BCUT2D eigenvalue weighted by atomic mass is 16.5. The first-order chi connectivity index (χ1) is 14.2. The van der Waals surface area contributed by atoms with Gasteiger partial charge in [-0.25, -0.2) is 4.68 Å². The number of hydrogen-bond donors (Lipinski definition) is 1. The maximum Gasteiger partial charge on any atom is 0.255 e. The number of rotatable bonds is 6. The first kappa shape index (κ1) is 19.4. The van der Waals surface area contributed by atoms with Crippen molar-refractivity contribution in [3.8, 4) is 16.9 Å². The summed E-state index contributed by atoms with van der Waals surface area (Å²) < 4.78 is 7.18. The van der Waals surface area contributed by atoms with Crippen LogP contribution in [0.25, 0.3) is 16.9 Å². The molecule has 6 heteroatoms. The van der Waals surface area contributed by atoms with Gasteiger partial charge in [-0.05, 0) is 19.1 Å². The van der Waals surface area contributed by atoms with E-state index in [0.29, 0.717) is 17.8 Å². The van der Waals surface area contributed by atoms with Gasteiger partial charge < -0.3 is 10.1 Å². The van der Waals surface area contributed by atoms with Crippen molar-refractivity contribution in [3.63, 3.8) is 0 Å². The zero-order valence-corrected chi connectivity index (χ0v) is 16.6. The molecule has 1 aliphatic rings. The van der Waals surface area contributed by atoms with E-state index in [1.54, 1.807) is 4.68 Å². The van der Waals surface area contributed by atoms with E-state index >= 15 is 0 Å². The van der Waals surface area contributed by atoms with Gasteiger partial charge in [-0.15, -0.1) is 0 Å². The Morgan fingerprint density at radius 1 is 1.07 bits per heavy atom. The predicted octanol–water partition coefficient (Wildman–Crippen LogP) is 2.99. The zero-order valence-electron chi connectivity index (χ0n) is 16.6. The van der Waals surface area contributed by atoms with Crippen molar-refractivity contribution in [2.24, 2.45) is 0 Å². The van der Waals surface area contributed by atoms with Crippen molar-refractivity contribution in [1.29, 1.82) is 0 Å². The number of ether oxygens (including phenoxy) is 1. The van der Waals surface area contributed by atoms with Gasteiger partial charge in [-0.1, -0.05) is 48.5 Å². The number of carbonyl (C=O) groups is 1. The van der Waals surface area contributed by atoms with Crippen LogP contribution in [0.2, 0.25) is 0 Å². The van der Waals surface area contributed by atoms with Gasteiger partial charge in [0.25, 0.3) is 5.91 Å². The average molecular weight is 390 g/mol. The molecule has 1 aromatic heterocycles. The van der Waals surface area contributed by atoms with Crippen LogP contribution in [0.15, 0.2) is 66.9 Å². The molecule has 2 heterocycles. The summed E-state index contributed by atoms with van der Waals surface area (Å²) in [5.74, 6) is -0.105. The second-order valence-electron chi connectivity index (χ2n) is 7.24. The number of para-hydroxylation sites is 1. The lowest BCUT2D eigenvalue weighted by atomic mass is 10.1. The average Bonchev–Trinajstić information content (AvgIpc) is 3.25. The second-order valence-corrected chi connectivity index (χ2v) is 7.24. The Morgan fingerprint density at radius 2 is 1.72 bits per heavy atom. The zero-order chi connectivity index (χ0) is 20.1. The minimum absolute atomic E-state index is 0.105. The molecule has 0 bridgehead atoms. The summed E-state index contributed by atoms with van der Waals surface area (Å²) in [6.07, 6.45) is 1.81. The highest BCUT2D eigenvalue weighted by Crippen LogP contribution is 2.23.